The summed E-state index contributed by atoms with van der Waals surface area (Å²) in [6.45, 7) is 18.5. The fourth-order valence-corrected chi connectivity index (χ4v) is 12.8. The van der Waals surface area contributed by atoms with Crippen molar-refractivity contribution >= 4 is 5.97 Å². The number of hydrogen-bond acceptors (Lipinski definition) is 12. The molecule has 8 saturated heterocycles. The zero-order valence-electron chi connectivity index (χ0n) is 35.4. The molecule has 9 rings (SSSR count). The highest BCUT2D eigenvalue weighted by Crippen LogP contribution is 2.56. The van der Waals surface area contributed by atoms with Crippen molar-refractivity contribution in [3.05, 3.63) is 24.3 Å². The van der Waals surface area contributed by atoms with Crippen molar-refractivity contribution in [3.8, 4) is 0 Å². The van der Waals surface area contributed by atoms with E-state index in [9.17, 15) is 20.1 Å². The molecule has 0 saturated carbocycles. The van der Waals surface area contributed by atoms with Crippen molar-refractivity contribution in [2.24, 2.45) is 35.5 Å². The van der Waals surface area contributed by atoms with Crippen LogP contribution in [0.25, 0.3) is 0 Å². The molecule has 0 radical (unpaired) electrons. The molecule has 0 unspecified atom stereocenters. The van der Waals surface area contributed by atoms with Gasteiger partial charge in [0.1, 0.15) is 17.9 Å². The number of aliphatic carboxylic acids is 1. The van der Waals surface area contributed by atoms with E-state index in [0.717, 1.165) is 37.8 Å². The second-order valence-electron chi connectivity index (χ2n) is 20.5. The first kappa shape index (κ1) is 41.8. The minimum Gasteiger partial charge on any atom is -0.481 e. The van der Waals surface area contributed by atoms with E-state index in [1.165, 1.54) is 0 Å². The molecule has 3 spiro atoms. The summed E-state index contributed by atoms with van der Waals surface area (Å²) in [5.41, 5.74) is 0.388. The van der Waals surface area contributed by atoms with Crippen LogP contribution in [0, 0.1) is 35.5 Å². The zero-order chi connectivity index (χ0) is 41.0. The third kappa shape index (κ3) is 7.27. The molecule has 0 aliphatic carbocycles. The fourth-order valence-electron chi connectivity index (χ4n) is 12.8. The second-order valence-corrected chi connectivity index (χ2v) is 20.5. The highest BCUT2D eigenvalue weighted by atomic mass is 16.8. The van der Waals surface area contributed by atoms with Gasteiger partial charge in [0.2, 0.25) is 0 Å². The summed E-state index contributed by atoms with van der Waals surface area (Å²) in [4.78, 5) is 11.2. The first-order valence-electron chi connectivity index (χ1n) is 22.6. The number of aliphatic hydroxyl groups is 2. The molecule has 0 aromatic heterocycles. The molecule has 4 N–H and O–H groups in total. The first-order valence-corrected chi connectivity index (χ1v) is 22.6. The van der Waals surface area contributed by atoms with Crippen molar-refractivity contribution < 1.29 is 58.0 Å². The summed E-state index contributed by atoms with van der Waals surface area (Å²) in [5, 5.41) is 37.4. The van der Waals surface area contributed by atoms with Crippen molar-refractivity contribution in [3.63, 3.8) is 0 Å². The Morgan fingerprint density at radius 1 is 0.845 bits per heavy atom. The topological polar surface area (TPSA) is 164 Å². The van der Waals surface area contributed by atoms with Gasteiger partial charge in [0.15, 0.2) is 23.1 Å². The number of carbonyl (C=O) groups is 1. The van der Waals surface area contributed by atoms with Crippen molar-refractivity contribution in [2.45, 2.75) is 209 Å². The number of carboxylic acids is 1. The standard InChI is InChI=1S/C45H69NO12/c1-24-16-34-39-36(22-43(56-39)28(5)15-25(2)23-46-43)54-42(20-24,53-34)21-27(4)38-26(3)17-30(7)45(50,57-38)40(49)35-19-33-32(51-35)18-29(6)44(55-33)14-13-41(58-44)12-8-9-31(52-41)10-11-37(47)48/h8-9,24-26,28-36,38-40,46,49-50H,4,10-23H2,1-3,5-7H3,(H,47,48)/t24-,25+,26-,28-,29+,30+,31-,32+,33+,34+,35-,36+,38-,39+,40+,41-,42-,43-,44+,45+/m0/s1. The maximum Gasteiger partial charge on any atom is 0.303 e. The van der Waals surface area contributed by atoms with Crippen LogP contribution >= 0.6 is 0 Å². The highest BCUT2D eigenvalue weighted by molar-refractivity contribution is 5.66. The van der Waals surface area contributed by atoms with E-state index in [2.05, 4.69) is 46.5 Å². The number of fused-ring (bicyclic) bond motifs is 5. The third-order valence-corrected chi connectivity index (χ3v) is 15.8. The van der Waals surface area contributed by atoms with E-state index < -0.39 is 53.2 Å². The molecule has 0 aromatic carbocycles. The summed E-state index contributed by atoms with van der Waals surface area (Å²) in [5.74, 6) is -4.37. The van der Waals surface area contributed by atoms with E-state index in [1.807, 2.05) is 19.1 Å². The third-order valence-electron chi connectivity index (χ3n) is 15.8. The Morgan fingerprint density at radius 3 is 2.41 bits per heavy atom. The zero-order valence-corrected chi connectivity index (χ0v) is 35.4. The minimum atomic E-state index is -1.88. The summed E-state index contributed by atoms with van der Waals surface area (Å²) < 4.78 is 53.9. The molecule has 9 aliphatic rings. The van der Waals surface area contributed by atoms with E-state index in [1.54, 1.807) is 0 Å². The molecule has 9 aliphatic heterocycles. The Morgan fingerprint density at radius 2 is 1.64 bits per heavy atom. The smallest absolute Gasteiger partial charge is 0.303 e. The average Bonchev–Trinajstić information content (AvgIpc) is 3.84. The van der Waals surface area contributed by atoms with Crippen LogP contribution in [0.15, 0.2) is 24.3 Å². The summed E-state index contributed by atoms with van der Waals surface area (Å²) in [6, 6.07) is 0. The predicted molar refractivity (Wildman–Crippen MR) is 210 cm³/mol. The lowest BCUT2D eigenvalue weighted by molar-refractivity contribution is -0.368. The molecule has 13 nitrogen and oxygen atoms in total. The van der Waals surface area contributed by atoms with E-state index >= 15 is 0 Å². The number of rotatable bonds is 8. The molecule has 0 amide bonds. The molecule has 13 heteroatoms. The number of ether oxygens (including phenoxy) is 8. The summed E-state index contributed by atoms with van der Waals surface area (Å²) in [7, 11) is 0. The van der Waals surface area contributed by atoms with Crippen LogP contribution < -0.4 is 5.32 Å². The molecular weight excluding hydrogens is 746 g/mol. The average molecular weight is 816 g/mol. The summed E-state index contributed by atoms with van der Waals surface area (Å²) >= 11 is 0. The number of aliphatic hydroxyl groups excluding tert-OH is 1. The molecule has 20 atom stereocenters. The predicted octanol–water partition coefficient (Wildman–Crippen LogP) is 5.70. The van der Waals surface area contributed by atoms with E-state index in [4.69, 9.17) is 37.9 Å². The Bertz CT molecular complexity index is 1610. The van der Waals surface area contributed by atoms with Crippen LogP contribution in [0.3, 0.4) is 0 Å². The molecule has 0 aromatic rings. The monoisotopic (exact) mass is 815 g/mol. The summed E-state index contributed by atoms with van der Waals surface area (Å²) in [6.07, 6.45) is 8.00. The Balaban J connectivity index is 0.856. The van der Waals surface area contributed by atoms with Crippen LogP contribution in [-0.2, 0) is 42.7 Å². The van der Waals surface area contributed by atoms with Gasteiger partial charge in [-0.05, 0) is 61.3 Å². The molecule has 9 heterocycles. The molecule has 326 valence electrons. The van der Waals surface area contributed by atoms with Crippen LogP contribution in [-0.4, -0.2) is 112 Å². The number of carboxylic acid groups (broad SMARTS) is 1. The lowest BCUT2D eigenvalue weighted by atomic mass is 9.76. The maximum absolute atomic E-state index is 12.4. The number of piperidine rings is 1. The molecule has 2 bridgehead atoms. The SMILES string of the molecule is C=C(C[C@@]12C[C@@H](C)C[C@@H](O1)[C@H]1O[C@]3(C[C@H]1O2)NC[C@H](C)C[C@@H]3C)[C@H]1O[C@@](O)([C@H](O)[C@@H]2C[C@H]3O[C@@]4(CC[C@]5(CC=C[C@@H](CCC(=O)O)O5)O4)[C@H](C)C[C@H]3O2)[C@H](C)C[C@@H]1C. The minimum absolute atomic E-state index is 0.0217. The van der Waals surface area contributed by atoms with Gasteiger partial charge in [-0.1, -0.05) is 60.3 Å². The van der Waals surface area contributed by atoms with Crippen molar-refractivity contribution in [1.82, 2.24) is 5.32 Å². The molecule has 58 heavy (non-hydrogen) atoms. The molecule has 8 fully saturated rings. The largest absolute Gasteiger partial charge is 0.481 e. The van der Waals surface area contributed by atoms with Gasteiger partial charge in [-0.15, -0.1) is 0 Å². The van der Waals surface area contributed by atoms with Crippen LogP contribution in [0.5, 0.6) is 0 Å². The van der Waals surface area contributed by atoms with Gasteiger partial charge in [-0.25, -0.2) is 0 Å². The normalized spacial score (nSPS) is 54.1. The van der Waals surface area contributed by atoms with Gasteiger partial charge in [0.05, 0.1) is 42.7 Å². The second kappa shape index (κ2) is 15.1. The van der Waals surface area contributed by atoms with Gasteiger partial charge >= 0.3 is 5.97 Å². The van der Waals surface area contributed by atoms with E-state index in [0.29, 0.717) is 69.1 Å². The molecular formula is C45H69NO12. The van der Waals surface area contributed by atoms with Crippen LogP contribution in [0.1, 0.15) is 125 Å². The highest BCUT2D eigenvalue weighted by Gasteiger charge is 2.64. The van der Waals surface area contributed by atoms with Gasteiger partial charge in [0, 0.05) is 69.7 Å². The van der Waals surface area contributed by atoms with Crippen LogP contribution in [0.4, 0.5) is 0 Å². The van der Waals surface area contributed by atoms with Gasteiger partial charge in [0.25, 0.3) is 0 Å². The Kier molecular flexibility index (Phi) is 10.9. The van der Waals surface area contributed by atoms with Crippen LogP contribution in [0.2, 0.25) is 0 Å². The van der Waals surface area contributed by atoms with Gasteiger partial charge in [-0.3, -0.25) is 10.1 Å². The first-order chi connectivity index (χ1) is 27.4. The lowest BCUT2D eigenvalue weighted by Gasteiger charge is -2.53. The Labute approximate surface area is 343 Å². The van der Waals surface area contributed by atoms with Crippen molar-refractivity contribution in [2.75, 3.05) is 6.54 Å². The van der Waals surface area contributed by atoms with E-state index in [-0.39, 0.29) is 60.8 Å². The number of nitrogens with one attached hydrogen (secondary N) is 1. The maximum atomic E-state index is 12.4. The quantitative estimate of drug-likeness (QED) is 0.221. The van der Waals surface area contributed by atoms with Crippen molar-refractivity contribution in [1.29, 1.82) is 0 Å². The van der Waals surface area contributed by atoms with Gasteiger partial charge in [-0.2, -0.15) is 0 Å². The van der Waals surface area contributed by atoms with Gasteiger partial charge < -0.3 is 53.2 Å². The number of hydrogen-bond donors (Lipinski definition) is 4. The Hall–Kier alpha value is -1.49. The lowest BCUT2D eigenvalue weighted by Crippen LogP contribution is -2.62. The fraction of sp³-hybridized carbons (Fsp3) is 0.889.